The summed E-state index contributed by atoms with van der Waals surface area (Å²) in [7, 11) is 0. The summed E-state index contributed by atoms with van der Waals surface area (Å²) in [6.45, 7) is 4.00. The Balaban J connectivity index is 0.000000336. The molecule has 0 fully saturated rings. The first kappa shape index (κ1) is 9.44. The van der Waals surface area contributed by atoms with Gasteiger partial charge in [-0.25, -0.2) is 0 Å². The first-order valence-corrected chi connectivity index (χ1v) is 5.40. The third kappa shape index (κ3) is 2.17. The number of thioether (sulfide) groups is 1. The molecule has 0 aromatic carbocycles. The van der Waals surface area contributed by atoms with Crippen molar-refractivity contribution in [2.24, 2.45) is 0 Å². The fourth-order valence-corrected chi connectivity index (χ4v) is 2.19. The molecule has 0 N–H and O–H groups in total. The molecule has 1 heteroatoms. The molecule has 0 atom stereocenters. The summed E-state index contributed by atoms with van der Waals surface area (Å²) >= 11 is 1.94. The molecular formula is C11H14S. The van der Waals surface area contributed by atoms with E-state index in [9.17, 15) is 0 Å². The van der Waals surface area contributed by atoms with Crippen molar-refractivity contribution in [2.45, 2.75) is 20.3 Å². The van der Waals surface area contributed by atoms with Crippen molar-refractivity contribution in [1.82, 2.24) is 0 Å². The van der Waals surface area contributed by atoms with Gasteiger partial charge in [0, 0.05) is 10.7 Å². The normalized spacial score (nSPS) is 18.5. The molecule has 1 aliphatic carbocycles. The van der Waals surface area contributed by atoms with E-state index in [0.29, 0.717) is 0 Å². The highest BCUT2D eigenvalue weighted by molar-refractivity contribution is 8.03. The average molecular weight is 178 g/mol. The molecule has 0 unspecified atom stereocenters. The maximum Gasteiger partial charge on any atom is 0.0111 e. The molecule has 0 amide bonds. The van der Waals surface area contributed by atoms with Crippen LogP contribution in [-0.2, 0) is 0 Å². The van der Waals surface area contributed by atoms with E-state index in [-0.39, 0.29) is 0 Å². The van der Waals surface area contributed by atoms with E-state index in [1.165, 1.54) is 22.7 Å². The lowest BCUT2D eigenvalue weighted by Crippen LogP contribution is -1.71. The molecule has 1 heterocycles. The molecule has 0 radical (unpaired) electrons. The summed E-state index contributed by atoms with van der Waals surface area (Å²) in [4.78, 5) is 1.43. The van der Waals surface area contributed by atoms with Crippen molar-refractivity contribution in [3.05, 3.63) is 40.5 Å². The number of hydrogen-bond acceptors (Lipinski definition) is 1. The van der Waals surface area contributed by atoms with Gasteiger partial charge < -0.3 is 0 Å². The number of allylic oxidation sites excluding steroid dienone is 4. The molecule has 0 nitrogen and oxygen atoms in total. The summed E-state index contributed by atoms with van der Waals surface area (Å²) in [6.07, 6.45) is 9.49. The van der Waals surface area contributed by atoms with Gasteiger partial charge in [-0.3, -0.25) is 0 Å². The van der Waals surface area contributed by atoms with Crippen LogP contribution in [0.15, 0.2) is 40.5 Å². The Labute approximate surface area is 78.7 Å². The second kappa shape index (κ2) is 5.08. The highest BCUT2D eigenvalue weighted by Crippen LogP contribution is 2.33. The fraction of sp³-hybridized carbons (Fsp3) is 0.364. The highest BCUT2D eigenvalue weighted by Gasteiger charge is 2.10. The van der Waals surface area contributed by atoms with Crippen LogP contribution < -0.4 is 0 Å². The van der Waals surface area contributed by atoms with Crippen LogP contribution in [0.2, 0.25) is 0 Å². The number of rotatable bonds is 0. The largest absolute Gasteiger partial charge is 0.126 e. The molecule has 12 heavy (non-hydrogen) atoms. The Morgan fingerprint density at radius 2 is 2.25 bits per heavy atom. The van der Waals surface area contributed by atoms with Crippen molar-refractivity contribution < 1.29 is 0 Å². The summed E-state index contributed by atoms with van der Waals surface area (Å²) in [5.41, 5.74) is 4.56. The highest BCUT2D eigenvalue weighted by atomic mass is 32.2. The van der Waals surface area contributed by atoms with Gasteiger partial charge in [0.2, 0.25) is 0 Å². The molecule has 2 aliphatic rings. The zero-order valence-electron chi connectivity index (χ0n) is 7.63. The van der Waals surface area contributed by atoms with E-state index in [2.05, 4.69) is 24.0 Å². The minimum Gasteiger partial charge on any atom is -0.126 e. The molecule has 1 aliphatic heterocycles. The Morgan fingerprint density at radius 3 is 3.08 bits per heavy atom. The van der Waals surface area contributed by atoms with Crippen molar-refractivity contribution in [3.8, 4) is 0 Å². The van der Waals surface area contributed by atoms with E-state index in [0.717, 1.165) is 0 Å². The van der Waals surface area contributed by atoms with Gasteiger partial charge in [0.05, 0.1) is 0 Å². The van der Waals surface area contributed by atoms with Crippen molar-refractivity contribution >= 4 is 11.8 Å². The van der Waals surface area contributed by atoms with Crippen LogP contribution in [0.25, 0.3) is 0 Å². The van der Waals surface area contributed by atoms with Gasteiger partial charge in [-0.05, 0) is 30.2 Å². The molecule has 0 aromatic heterocycles. The predicted octanol–water partition coefficient (Wildman–Crippen LogP) is 3.68. The monoisotopic (exact) mass is 178 g/mol. The maximum atomic E-state index is 3.11. The standard InChI is InChI=1S/C9H8S.C2H6/c1-2-4-8-6-7-10-9(8)5-3-1;1-2/h1,3-5H,6-7H2;1-2H3. The second-order valence-corrected chi connectivity index (χ2v) is 3.46. The summed E-state index contributed by atoms with van der Waals surface area (Å²) in [5, 5.41) is 0. The Bertz CT molecular complexity index is 263. The smallest absolute Gasteiger partial charge is 0.0111 e. The quantitative estimate of drug-likeness (QED) is 0.510. The SMILES string of the molecule is C1=CC=CC2=C(C=1)CCS2.CC. The summed E-state index contributed by atoms with van der Waals surface area (Å²) < 4.78 is 0. The Hall–Kier alpha value is -0.650. The first-order chi connectivity index (χ1) is 5.97. The van der Waals surface area contributed by atoms with Crippen LogP contribution in [0.1, 0.15) is 20.3 Å². The molecule has 0 bridgehead atoms. The van der Waals surface area contributed by atoms with E-state index in [1.807, 2.05) is 31.7 Å². The van der Waals surface area contributed by atoms with Crippen LogP contribution in [0, 0.1) is 0 Å². The van der Waals surface area contributed by atoms with Crippen molar-refractivity contribution in [3.63, 3.8) is 0 Å². The molecule has 0 saturated heterocycles. The topological polar surface area (TPSA) is 0 Å². The fourth-order valence-electron chi connectivity index (χ4n) is 1.13. The average Bonchev–Trinajstić information content (AvgIpc) is 2.46. The lowest BCUT2D eigenvalue weighted by atomic mass is 10.2. The van der Waals surface area contributed by atoms with Gasteiger partial charge in [-0.1, -0.05) is 19.9 Å². The second-order valence-electron chi connectivity index (χ2n) is 2.32. The third-order valence-electron chi connectivity index (χ3n) is 1.64. The van der Waals surface area contributed by atoms with Crippen LogP contribution in [0.3, 0.4) is 0 Å². The van der Waals surface area contributed by atoms with Crippen LogP contribution >= 0.6 is 11.8 Å². The van der Waals surface area contributed by atoms with Crippen LogP contribution in [0.5, 0.6) is 0 Å². The minimum atomic E-state index is 1.21. The zero-order valence-corrected chi connectivity index (χ0v) is 8.45. The van der Waals surface area contributed by atoms with Gasteiger partial charge in [0.15, 0.2) is 0 Å². The maximum absolute atomic E-state index is 3.11. The molecule has 2 rings (SSSR count). The lowest BCUT2D eigenvalue weighted by molar-refractivity contribution is 1.19. The van der Waals surface area contributed by atoms with E-state index >= 15 is 0 Å². The van der Waals surface area contributed by atoms with Crippen LogP contribution in [0.4, 0.5) is 0 Å². The third-order valence-corrected chi connectivity index (χ3v) is 2.76. The van der Waals surface area contributed by atoms with E-state index < -0.39 is 0 Å². The predicted molar refractivity (Wildman–Crippen MR) is 57.2 cm³/mol. The Kier molecular flexibility index (Phi) is 3.99. The van der Waals surface area contributed by atoms with Gasteiger partial charge in [-0.15, -0.1) is 17.5 Å². The molecule has 0 aromatic rings. The molecule has 0 spiro atoms. The van der Waals surface area contributed by atoms with E-state index in [4.69, 9.17) is 0 Å². The minimum absolute atomic E-state index is 1.21. The van der Waals surface area contributed by atoms with Gasteiger partial charge in [0.1, 0.15) is 0 Å². The summed E-state index contributed by atoms with van der Waals surface area (Å²) in [5.74, 6) is 1.24. The molecule has 0 saturated carbocycles. The molecule has 64 valence electrons. The number of hydrogen-bond donors (Lipinski definition) is 0. The van der Waals surface area contributed by atoms with Crippen molar-refractivity contribution in [2.75, 3.05) is 5.75 Å². The summed E-state index contributed by atoms with van der Waals surface area (Å²) in [6, 6.07) is 0. The van der Waals surface area contributed by atoms with Crippen LogP contribution in [-0.4, -0.2) is 5.75 Å². The van der Waals surface area contributed by atoms with Gasteiger partial charge in [-0.2, -0.15) is 0 Å². The lowest BCUT2D eigenvalue weighted by Gasteiger charge is -1.90. The van der Waals surface area contributed by atoms with E-state index in [1.54, 1.807) is 0 Å². The molecular weight excluding hydrogens is 164 g/mol. The first-order valence-electron chi connectivity index (χ1n) is 4.42. The van der Waals surface area contributed by atoms with Gasteiger partial charge in [0.25, 0.3) is 0 Å². The van der Waals surface area contributed by atoms with Gasteiger partial charge >= 0.3 is 0 Å². The van der Waals surface area contributed by atoms with Crippen molar-refractivity contribution in [1.29, 1.82) is 0 Å². The Morgan fingerprint density at radius 1 is 1.42 bits per heavy atom. The zero-order chi connectivity index (χ0) is 8.81.